The van der Waals surface area contributed by atoms with E-state index >= 15 is 0 Å². The largest absolute Gasteiger partial charge is 0.398 e. The highest BCUT2D eigenvalue weighted by Crippen LogP contribution is 2.23. The van der Waals surface area contributed by atoms with E-state index in [9.17, 15) is 0 Å². The predicted octanol–water partition coefficient (Wildman–Crippen LogP) is 1.50. The molecule has 0 fully saturated rings. The number of anilines is 1. The van der Waals surface area contributed by atoms with Crippen molar-refractivity contribution in [2.24, 2.45) is 0 Å². The minimum Gasteiger partial charge on any atom is -0.398 e. The van der Waals surface area contributed by atoms with Gasteiger partial charge < -0.3 is 11.6 Å². The summed E-state index contributed by atoms with van der Waals surface area (Å²) in [5.74, 6) is 5.88. The molecule has 0 atom stereocenters. The third kappa shape index (κ3) is 1.04. The lowest BCUT2D eigenvalue weighted by atomic mass is 10.2. The van der Waals surface area contributed by atoms with Gasteiger partial charge in [-0.2, -0.15) is 0 Å². The number of aromatic nitrogens is 1. The molecule has 0 radical (unpaired) electrons. The molecule has 3 nitrogen and oxygen atoms in total. The molecule has 0 bridgehead atoms. The molecule has 3 heteroatoms. The molecule has 68 valence electrons. The van der Waals surface area contributed by atoms with E-state index in [2.05, 4.69) is 6.92 Å². The van der Waals surface area contributed by atoms with Gasteiger partial charge in [0, 0.05) is 16.8 Å². The van der Waals surface area contributed by atoms with Crippen LogP contribution in [0.1, 0.15) is 12.6 Å². The maximum Gasteiger partial charge on any atom is 0.0714 e. The van der Waals surface area contributed by atoms with E-state index in [1.54, 1.807) is 4.68 Å². The third-order valence-electron chi connectivity index (χ3n) is 2.36. The molecule has 0 aliphatic carbocycles. The number of fused-ring (bicyclic) bond motifs is 1. The van der Waals surface area contributed by atoms with Gasteiger partial charge in [0.15, 0.2) is 0 Å². The second-order valence-corrected chi connectivity index (χ2v) is 3.14. The number of rotatable bonds is 1. The minimum atomic E-state index is 0.788. The summed E-state index contributed by atoms with van der Waals surface area (Å²) >= 11 is 0. The minimum absolute atomic E-state index is 0.788. The molecular weight excluding hydrogens is 162 g/mol. The first-order chi connectivity index (χ1) is 6.24. The quantitative estimate of drug-likeness (QED) is 0.509. The van der Waals surface area contributed by atoms with Gasteiger partial charge >= 0.3 is 0 Å². The number of nitrogens with zero attached hydrogens (tertiary/aromatic N) is 1. The highest BCUT2D eigenvalue weighted by Gasteiger charge is 2.05. The third-order valence-corrected chi connectivity index (χ3v) is 2.36. The zero-order chi connectivity index (χ0) is 9.42. The predicted molar refractivity (Wildman–Crippen MR) is 55.9 cm³/mol. The lowest BCUT2D eigenvalue weighted by Crippen LogP contribution is -2.10. The van der Waals surface area contributed by atoms with E-state index in [1.807, 2.05) is 24.3 Å². The van der Waals surface area contributed by atoms with Crippen molar-refractivity contribution in [1.82, 2.24) is 4.68 Å². The lowest BCUT2D eigenvalue weighted by molar-refractivity contribution is 0.924. The zero-order valence-corrected chi connectivity index (χ0v) is 7.62. The van der Waals surface area contributed by atoms with Crippen LogP contribution in [-0.2, 0) is 6.42 Å². The number of nitrogens with two attached hydrogens (primary N) is 2. The highest BCUT2D eigenvalue weighted by atomic mass is 15.3. The first-order valence-electron chi connectivity index (χ1n) is 4.38. The summed E-state index contributed by atoms with van der Waals surface area (Å²) in [6.45, 7) is 2.08. The molecular formula is C10H13N3. The van der Waals surface area contributed by atoms with Gasteiger partial charge in [-0.15, -0.1) is 0 Å². The number of benzene rings is 1. The molecule has 1 aromatic heterocycles. The van der Waals surface area contributed by atoms with E-state index in [-0.39, 0.29) is 0 Å². The van der Waals surface area contributed by atoms with Crippen molar-refractivity contribution in [2.45, 2.75) is 13.3 Å². The van der Waals surface area contributed by atoms with E-state index in [1.165, 1.54) is 0 Å². The SMILES string of the molecule is CCc1cc2c(N)cccc2n1N. The fourth-order valence-corrected chi connectivity index (χ4v) is 1.60. The van der Waals surface area contributed by atoms with Crippen molar-refractivity contribution in [2.75, 3.05) is 11.6 Å². The summed E-state index contributed by atoms with van der Waals surface area (Å²) in [5, 5.41) is 1.04. The molecule has 0 saturated heterocycles. The van der Waals surface area contributed by atoms with Crippen molar-refractivity contribution in [3.8, 4) is 0 Å². The van der Waals surface area contributed by atoms with Crippen LogP contribution in [-0.4, -0.2) is 4.68 Å². The van der Waals surface area contributed by atoms with Crippen LogP contribution in [0.4, 0.5) is 5.69 Å². The molecule has 0 aliphatic rings. The summed E-state index contributed by atoms with van der Waals surface area (Å²) in [7, 11) is 0. The molecule has 2 rings (SSSR count). The van der Waals surface area contributed by atoms with E-state index < -0.39 is 0 Å². The smallest absolute Gasteiger partial charge is 0.0714 e. The first kappa shape index (κ1) is 7.98. The Bertz CT molecular complexity index is 443. The van der Waals surface area contributed by atoms with Gasteiger partial charge in [0.25, 0.3) is 0 Å². The Kier molecular flexibility index (Phi) is 1.65. The highest BCUT2D eigenvalue weighted by molar-refractivity contribution is 5.92. The van der Waals surface area contributed by atoms with Crippen LogP contribution in [0.5, 0.6) is 0 Å². The van der Waals surface area contributed by atoms with Gasteiger partial charge in [0.1, 0.15) is 0 Å². The van der Waals surface area contributed by atoms with Crippen LogP contribution in [0.3, 0.4) is 0 Å². The lowest BCUT2D eigenvalue weighted by Gasteiger charge is -2.00. The monoisotopic (exact) mass is 175 g/mol. The van der Waals surface area contributed by atoms with Crippen LogP contribution >= 0.6 is 0 Å². The molecule has 1 heterocycles. The summed E-state index contributed by atoms with van der Waals surface area (Å²) in [6, 6.07) is 7.83. The van der Waals surface area contributed by atoms with Gasteiger partial charge in [-0.3, -0.25) is 4.68 Å². The van der Waals surface area contributed by atoms with Crippen LogP contribution in [0.25, 0.3) is 10.9 Å². The summed E-state index contributed by atoms with van der Waals surface area (Å²) in [5.41, 5.74) is 8.71. The van der Waals surface area contributed by atoms with Crippen LogP contribution in [0.15, 0.2) is 24.3 Å². The molecule has 0 aliphatic heterocycles. The molecule has 0 unspecified atom stereocenters. The second kappa shape index (κ2) is 2.69. The molecule has 0 saturated carbocycles. The van der Waals surface area contributed by atoms with Crippen molar-refractivity contribution >= 4 is 16.6 Å². The molecule has 1 aromatic carbocycles. The Morgan fingerprint density at radius 3 is 2.77 bits per heavy atom. The molecule has 0 spiro atoms. The fourth-order valence-electron chi connectivity index (χ4n) is 1.60. The Labute approximate surface area is 76.9 Å². The number of hydrogen-bond acceptors (Lipinski definition) is 2. The number of hydrogen-bond donors (Lipinski definition) is 2. The zero-order valence-electron chi connectivity index (χ0n) is 7.62. The van der Waals surface area contributed by atoms with E-state index in [0.29, 0.717) is 0 Å². The summed E-state index contributed by atoms with van der Waals surface area (Å²) in [4.78, 5) is 0. The maximum atomic E-state index is 5.88. The van der Waals surface area contributed by atoms with Gasteiger partial charge in [-0.05, 0) is 24.6 Å². The second-order valence-electron chi connectivity index (χ2n) is 3.14. The molecule has 4 N–H and O–H groups in total. The van der Waals surface area contributed by atoms with Crippen molar-refractivity contribution in [3.05, 3.63) is 30.0 Å². The average molecular weight is 175 g/mol. The molecule has 13 heavy (non-hydrogen) atoms. The number of aryl methyl sites for hydroxylation is 1. The van der Waals surface area contributed by atoms with Gasteiger partial charge in [-0.25, -0.2) is 0 Å². The van der Waals surface area contributed by atoms with Crippen LogP contribution in [0.2, 0.25) is 0 Å². The first-order valence-corrected chi connectivity index (χ1v) is 4.38. The van der Waals surface area contributed by atoms with Crippen molar-refractivity contribution in [1.29, 1.82) is 0 Å². The Morgan fingerprint density at radius 2 is 2.15 bits per heavy atom. The molecule has 0 amide bonds. The van der Waals surface area contributed by atoms with Crippen molar-refractivity contribution in [3.63, 3.8) is 0 Å². The van der Waals surface area contributed by atoms with Gasteiger partial charge in [0.2, 0.25) is 0 Å². The van der Waals surface area contributed by atoms with E-state index in [4.69, 9.17) is 11.6 Å². The topological polar surface area (TPSA) is 57.0 Å². The summed E-state index contributed by atoms with van der Waals surface area (Å²) in [6.07, 6.45) is 0.921. The van der Waals surface area contributed by atoms with E-state index in [0.717, 1.165) is 28.7 Å². The van der Waals surface area contributed by atoms with Gasteiger partial charge in [-0.1, -0.05) is 13.0 Å². The standard InChI is InChI=1S/C10H13N3/c1-2-7-6-8-9(11)4-3-5-10(8)13(7)12/h3-6H,2,11-12H2,1H3. The Morgan fingerprint density at radius 1 is 1.38 bits per heavy atom. The maximum absolute atomic E-state index is 5.88. The Balaban J connectivity index is 2.83. The average Bonchev–Trinajstić information content (AvgIpc) is 2.45. The summed E-state index contributed by atoms with van der Waals surface area (Å²) < 4.78 is 1.70. The molecule has 2 aromatic rings. The van der Waals surface area contributed by atoms with Crippen LogP contribution < -0.4 is 11.6 Å². The normalized spacial score (nSPS) is 10.8. The number of nitrogen functional groups attached to an aromatic ring is 2. The Hall–Kier alpha value is -1.64. The van der Waals surface area contributed by atoms with Gasteiger partial charge in [0.05, 0.1) is 5.52 Å². The van der Waals surface area contributed by atoms with Crippen molar-refractivity contribution < 1.29 is 0 Å². The fraction of sp³-hybridized carbons (Fsp3) is 0.200. The van der Waals surface area contributed by atoms with Crippen LogP contribution in [0, 0.1) is 0 Å².